The average Bonchev–Trinajstić information content (AvgIpc) is 2.68. The number of hydrogen-bond donors (Lipinski definition) is 1. The minimum atomic E-state index is -0.0430. The molecule has 0 spiro atoms. The lowest BCUT2D eigenvalue weighted by atomic mass is 9.96. The number of benzene rings is 1. The van der Waals surface area contributed by atoms with Crippen LogP contribution in [0.2, 0.25) is 5.15 Å². The SMILES string of the molecule is CCc1ccc(C(C)NC(=O)C2CCCN(c3ccc(Cl)nn3)C2)cc1. The summed E-state index contributed by atoms with van der Waals surface area (Å²) in [6.45, 7) is 5.71. The second-order valence-corrected chi connectivity index (χ2v) is 7.21. The predicted octanol–water partition coefficient (Wildman–Crippen LogP) is 3.79. The Morgan fingerprint density at radius 1 is 1.27 bits per heavy atom. The number of piperidine rings is 1. The molecule has 1 aromatic carbocycles. The molecule has 2 heterocycles. The zero-order chi connectivity index (χ0) is 18.5. The predicted molar refractivity (Wildman–Crippen MR) is 104 cm³/mol. The molecule has 0 bridgehead atoms. The molecule has 1 N–H and O–H groups in total. The van der Waals surface area contributed by atoms with Gasteiger partial charge in [0.2, 0.25) is 5.91 Å². The molecule has 0 aliphatic carbocycles. The van der Waals surface area contributed by atoms with Crippen LogP contribution in [0.25, 0.3) is 0 Å². The lowest BCUT2D eigenvalue weighted by Gasteiger charge is -2.33. The molecular weight excluding hydrogens is 348 g/mol. The Balaban J connectivity index is 1.60. The third-order valence-electron chi connectivity index (χ3n) is 4.98. The van der Waals surface area contributed by atoms with Crippen LogP contribution in [0.1, 0.15) is 43.9 Å². The summed E-state index contributed by atoms with van der Waals surface area (Å²) in [4.78, 5) is 14.8. The van der Waals surface area contributed by atoms with E-state index < -0.39 is 0 Å². The molecule has 1 aliphatic heterocycles. The molecule has 1 aliphatic rings. The highest BCUT2D eigenvalue weighted by Crippen LogP contribution is 2.23. The van der Waals surface area contributed by atoms with Gasteiger partial charge in [0, 0.05) is 13.1 Å². The lowest BCUT2D eigenvalue weighted by Crippen LogP contribution is -2.44. The van der Waals surface area contributed by atoms with Gasteiger partial charge in [-0.3, -0.25) is 4.79 Å². The van der Waals surface area contributed by atoms with Crippen molar-refractivity contribution in [1.82, 2.24) is 15.5 Å². The number of aryl methyl sites for hydroxylation is 1. The number of aromatic nitrogens is 2. The molecule has 6 heteroatoms. The van der Waals surface area contributed by atoms with E-state index in [1.54, 1.807) is 6.07 Å². The number of hydrogen-bond acceptors (Lipinski definition) is 4. The van der Waals surface area contributed by atoms with Gasteiger partial charge in [0.25, 0.3) is 0 Å². The maximum absolute atomic E-state index is 12.7. The highest BCUT2D eigenvalue weighted by atomic mass is 35.5. The first-order valence-electron chi connectivity index (χ1n) is 9.20. The van der Waals surface area contributed by atoms with Gasteiger partial charge in [-0.05, 0) is 49.4 Å². The number of nitrogens with one attached hydrogen (secondary N) is 1. The molecule has 1 amide bonds. The smallest absolute Gasteiger partial charge is 0.225 e. The Morgan fingerprint density at radius 2 is 2.04 bits per heavy atom. The van der Waals surface area contributed by atoms with Crippen LogP contribution in [0.15, 0.2) is 36.4 Å². The van der Waals surface area contributed by atoms with E-state index in [9.17, 15) is 4.79 Å². The van der Waals surface area contributed by atoms with Crippen molar-refractivity contribution in [3.8, 4) is 0 Å². The second-order valence-electron chi connectivity index (χ2n) is 6.82. The zero-order valence-electron chi connectivity index (χ0n) is 15.3. The Hall–Kier alpha value is -2.14. The summed E-state index contributed by atoms with van der Waals surface area (Å²) in [6, 6.07) is 12.0. The summed E-state index contributed by atoms with van der Waals surface area (Å²) >= 11 is 5.81. The van der Waals surface area contributed by atoms with Gasteiger partial charge >= 0.3 is 0 Å². The molecule has 3 rings (SSSR count). The van der Waals surface area contributed by atoms with E-state index in [1.807, 2.05) is 13.0 Å². The minimum Gasteiger partial charge on any atom is -0.354 e. The third-order valence-corrected chi connectivity index (χ3v) is 5.18. The molecule has 5 nitrogen and oxygen atoms in total. The van der Waals surface area contributed by atoms with Gasteiger partial charge in [-0.25, -0.2) is 0 Å². The van der Waals surface area contributed by atoms with Gasteiger partial charge in [-0.15, -0.1) is 10.2 Å². The van der Waals surface area contributed by atoms with Gasteiger partial charge < -0.3 is 10.2 Å². The largest absolute Gasteiger partial charge is 0.354 e. The summed E-state index contributed by atoms with van der Waals surface area (Å²) in [5, 5.41) is 11.6. The Morgan fingerprint density at radius 3 is 2.69 bits per heavy atom. The summed E-state index contributed by atoms with van der Waals surface area (Å²) in [5.74, 6) is 0.831. The molecule has 1 saturated heterocycles. The van der Waals surface area contributed by atoms with E-state index in [2.05, 4.69) is 51.6 Å². The average molecular weight is 373 g/mol. The van der Waals surface area contributed by atoms with Crippen LogP contribution in [0.5, 0.6) is 0 Å². The molecule has 26 heavy (non-hydrogen) atoms. The Bertz CT molecular complexity index is 732. The van der Waals surface area contributed by atoms with Gasteiger partial charge in [0.1, 0.15) is 0 Å². The molecule has 2 aromatic rings. The topological polar surface area (TPSA) is 58.1 Å². The summed E-state index contributed by atoms with van der Waals surface area (Å²) in [5.41, 5.74) is 2.44. The highest BCUT2D eigenvalue weighted by molar-refractivity contribution is 6.29. The van der Waals surface area contributed by atoms with E-state index in [4.69, 9.17) is 11.6 Å². The highest BCUT2D eigenvalue weighted by Gasteiger charge is 2.27. The van der Waals surface area contributed by atoms with Crippen LogP contribution in [0.3, 0.4) is 0 Å². The van der Waals surface area contributed by atoms with Gasteiger partial charge in [-0.2, -0.15) is 0 Å². The number of rotatable bonds is 5. The molecule has 1 fully saturated rings. The summed E-state index contributed by atoms with van der Waals surface area (Å²) in [7, 11) is 0. The first kappa shape index (κ1) is 18.6. The van der Waals surface area contributed by atoms with Crippen LogP contribution in [0.4, 0.5) is 5.82 Å². The fourth-order valence-corrected chi connectivity index (χ4v) is 3.43. The van der Waals surface area contributed by atoms with Crippen molar-refractivity contribution in [2.45, 2.75) is 39.2 Å². The maximum atomic E-state index is 12.7. The quantitative estimate of drug-likeness (QED) is 0.867. The molecule has 0 saturated carbocycles. The van der Waals surface area contributed by atoms with Crippen molar-refractivity contribution in [2.75, 3.05) is 18.0 Å². The number of carbonyl (C=O) groups is 1. The van der Waals surface area contributed by atoms with Crippen molar-refractivity contribution < 1.29 is 4.79 Å². The number of nitrogens with zero attached hydrogens (tertiary/aromatic N) is 3. The molecule has 1 aromatic heterocycles. The van der Waals surface area contributed by atoms with Crippen molar-refractivity contribution in [2.24, 2.45) is 5.92 Å². The molecule has 138 valence electrons. The van der Waals surface area contributed by atoms with Crippen LogP contribution < -0.4 is 10.2 Å². The standard InChI is InChI=1S/C20H25ClN4O/c1-3-15-6-8-16(9-7-15)14(2)22-20(26)17-5-4-12-25(13-17)19-11-10-18(21)23-24-19/h6-11,14,17H,3-5,12-13H2,1-2H3,(H,22,26). The first-order chi connectivity index (χ1) is 12.6. The monoisotopic (exact) mass is 372 g/mol. The fraction of sp³-hybridized carbons (Fsp3) is 0.450. The van der Waals surface area contributed by atoms with Crippen molar-refractivity contribution >= 4 is 23.3 Å². The van der Waals surface area contributed by atoms with Crippen LogP contribution >= 0.6 is 11.6 Å². The first-order valence-corrected chi connectivity index (χ1v) is 9.58. The summed E-state index contributed by atoms with van der Waals surface area (Å²) in [6.07, 6.45) is 2.87. The van der Waals surface area contributed by atoms with E-state index in [0.29, 0.717) is 11.7 Å². The molecular formula is C20H25ClN4O. The fourth-order valence-electron chi connectivity index (χ4n) is 3.33. The van der Waals surface area contributed by atoms with Crippen molar-refractivity contribution in [3.63, 3.8) is 0 Å². The molecule has 2 atom stereocenters. The van der Waals surface area contributed by atoms with Crippen LogP contribution in [-0.2, 0) is 11.2 Å². The zero-order valence-corrected chi connectivity index (χ0v) is 16.0. The van der Waals surface area contributed by atoms with Gasteiger partial charge in [0.05, 0.1) is 12.0 Å². The molecule has 2 unspecified atom stereocenters. The summed E-state index contributed by atoms with van der Waals surface area (Å²) < 4.78 is 0. The number of halogens is 1. The molecule has 0 radical (unpaired) electrons. The van der Waals surface area contributed by atoms with Crippen molar-refractivity contribution in [3.05, 3.63) is 52.7 Å². The van der Waals surface area contributed by atoms with E-state index >= 15 is 0 Å². The minimum absolute atomic E-state index is 0.000828. The normalized spacial score (nSPS) is 18.4. The number of anilines is 1. The van der Waals surface area contributed by atoms with Gasteiger partial charge in [-0.1, -0.05) is 42.8 Å². The number of amides is 1. The van der Waals surface area contributed by atoms with Crippen LogP contribution in [0, 0.1) is 5.92 Å². The van der Waals surface area contributed by atoms with Crippen LogP contribution in [-0.4, -0.2) is 29.2 Å². The van der Waals surface area contributed by atoms with Gasteiger partial charge in [0.15, 0.2) is 11.0 Å². The van der Waals surface area contributed by atoms with E-state index in [1.165, 1.54) is 5.56 Å². The van der Waals surface area contributed by atoms with Crippen molar-refractivity contribution in [1.29, 1.82) is 0 Å². The third kappa shape index (κ3) is 4.52. The maximum Gasteiger partial charge on any atom is 0.225 e. The van der Waals surface area contributed by atoms with E-state index in [-0.39, 0.29) is 17.9 Å². The Kier molecular flexibility index (Phi) is 6.09. The number of carbonyl (C=O) groups excluding carboxylic acids is 1. The second kappa shape index (κ2) is 8.49. The Labute approximate surface area is 159 Å². The lowest BCUT2D eigenvalue weighted by molar-refractivity contribution is -0.125. The van der Waals surface area contributed by atoms with E-state index in [0.717, 1.165) is 37.2 Å².